The van der Waals surface area contributed by atoms with Gasteiger partial charge in [-0.3, -0.25) is 0 Å². The molecule has 1 unspecified atom stereocenters. The average molecular weight is 162 g/mol. The second-order valence-electron chi connectivity index (χ2n) is 4.01. The molecule has 0 aromatic heterocycles. The minimum atomic E-state index is 0.850. The van der Waals surface area contributed by atoms with Crippen molar-refractivity contribution in [2.24, 2.45) is 5.92 Å². The van der Waals surface area contributed by atoms with Crippen LogP contribution in [0.2, 0.25) is 0 Å². The van der Waals surface area contributed by atoms with E-state index in [2.05, 4.69) is 18.2 Å². The van der Waals surface area contributed by atoms with Gasteiger partial charge < -0.3 is 0 Å². The lowest BCUT2D eigenvalue weighted by molar-refractivity contribution is 0.652. The monoisotopic (exact) mass is 162 g/mol. The van der Waals surface area contributed by atoms with E-state index in [1.807, 2.05) is 0 Å². The predicted molar refractivity (Wildman–Crippen MR) is 53.0 cm³/mol. The maximum Gasteiger partial charge on any atom is 0.00144 e. The average Bonchev–Trinajstić information content (AvgIpc) is 2.78. The molecular weight excluding hydrogens is 144 g/mol. The van der Waals surface area contributed by atoms with Gasteiger partial charge in [0, 0.05) is 5.92 Å². The number of hydrogen-bond acceptors (Lipinski definition) is 0. The van der Waals surface area contributed by atoms with E-state index < -0.39 is 0 Å². The molecular formula is C12H18. The van der Waals surface area contributed by atoms with Gasteiger partial charge >= 0.3 is 0 Å². The summed E-state index contributed by atoms with van der Waals surface area (Å²) in [7, 11) is 0. The summed E-state index contributed by atoms with van der Waals surface area (Å²) in [5, 5.41) is 0. The number of hydrogen-bond donors (Lipinski definition) is 0. The Morgan fingerprint density at radius 2 is 1.83 bits per heavy atom. The molecule has 0 heterocycles. The van der Waals surface area contributed by atoms with E-state index >= 15 is 0 Å². The van der Waals surface area contributed by atoms with Crippen molar-refractivity contribution in [2.75, 3.05) is 0 Å². The SMILES string of the molecule is C1=CC2CC2=CCCCCCC1. The van der Waals surface area contributed by atoms with Crippen LogP contribution in [0, 0.1) is 5.92 Å². The van der Waals surface area contributed by atoms with Crippen LogP contribution in [0.4, 0.5) is 0 Å². The molecule has 0 heteroatoms. The van der Waals surface area contributed by atoms with E-state index in [4.69, 9.17) is 0 Å². The lowest BCUT2D eigenvalue weighted by Crippen LogP contribution is -1.75. The van der Waals surface area contributed by atoms with Crippen LogP contribution < -0.4 is 0 Å². The van der Waals surface area contributed by atoms with Crippen LogP contribution in [0.15, 0.2) is 23.8 Å². The number of allylic oxidation sites excluding steroid dienone is 4. The third kappa shape index (κ3) is 2.23. The summed E-state index contributed by atoms with van der Waals surface area (Å²) >= 11 is 0. The summed E-state index contributed by atoms with van der Waals surface area (Å²) in [5.74, 6) is 0.850. The van der Waals surface area contributed by atoms with Crippen molar-refractivity contribution in [2.45, 2.75) is 44.9 Å². The minimum Gasteiger partial charge on any atom is -0.0879 e. The third-order valence-electron chi connectivity index (χ3n) is 2.87. The van der Waals surface area contributed by atoms with Gasteiger partial charge in [0.2, 0.25) is 0 Å². The fourth-order valence-corrected chi connectivity index (χ4v) is 1.93. The molecule has 2 aliphatic rings. The minimum absolute atomic E-state index is 0.850. The molecule has 66 valence electrons. The highest BCUT2D eigenvalue weighted by molar-refractivity contribution is 5.29. The third-order valence-corrected chi connectivity index (χ3v) is 2.87. The first kappa shape index (κ1) is 8.10. The molecule has 0 N–H and O–H groups in total. The first-order valence-electron chi connectivity index (χ1n) is 5.32. The summed E-state index contributed by atoms with van der Waals surface area (Å²) in [6, 6.07) is 0. The van der Waals surface area contributed by atoms with Crippen molar-refractivity contribution in [3.05, 3.63) is 23.8 Å². The molecule has 0 amide bonds. The molecule has 1 atom stereocenters. The van der Waals surface area contributed by atoms with Gasteiger partial charge in [-0.25, -0.2) is 0 Å². The van der Waals surface area contributed by atoms with Crippen molar-refractivity contribution in [1.82, 2.24) is 0 Å². The maximum absolute atomic E-state index is 2.47. The predicted octanol–water partition coefficient (Wildman–Crippen LogP) is 3.84. The zero-order valence-electron chi connectivity index (χ0n) is 7.76. The van der Waals surface area contributed by atoms with E-state index in [-0.39, 0.29) is 0 Å². The molecule has 0 aliphatic heterocycles. The Hall–Kier alpha value is -0.520. The van der Waals surface area contributed by atoms with Crippen LogP contribution in [0.3, 0.4) is 0 Å². The smallest absolute Gasteiger partial charge is 0.00144 e. The Bertz CT molecular complexity index is 198. The second kappa shape index (κ2) is 3.93. The van der Waals surface area contributed by atoms with Gasteiger partial charge in [0.05, 0.1) is 0 Å². The second-order valence-corrected chi connectivity index (χ2v) is 4.01. The molecule has 0 nitrogen and oxygen atoms in total. The summed E-state index contributed by atoms with van der Waals surface area (Å²) in [6.07, 6.45) is 16.9. The maximum atomic E-state index is 2.47. The Kier molecular flexibility index (Phi) is 2.65. The van der Waals surface area contributed by atoms with Crippen molar-refractivity contribution < 1.29 is 0 Å². The van der Waals surface area contributed by atoms with Gasteiger partial charge in [0.1, 0.15) is 0 Å². The first-order chi connectivity index (χ1) is 5.97. The number of fused-ring (bicyclic) bond motifs is 1. The molecule has 0 aromatic rings. The van der Waals surface area contributed by atoms with E-state index in [1.165, 1.54) is 44.9 Å². The Labute approximate surface area is 75.4 Å². The fraction of sp³-hybridized carbons (Fsp3) is 0.667. The highest BCUT2D eigenvalue weighted by atomic mass is 14.3. The summed E-state index contributed by atoms with van der Waals surface area (Å²) in [4.78, 5) is 0. The standard InChI is InChI=1S/C12H18/c1-2-4-6-8-11-10-12(11)9-7-5-3-1/h6,8-9,11H,1-5,7,10H2. The van der Waals surface area contributed by atoms with Gasteiger partial charge in [0.25, 0.3) is 0 Å². The lowest BCUT2D eigenvalue weighted by Gasteiger charge is -1.95. The molecule has 1 fully saturated rings. The Morgan fingerprint density at radius 3 is 2.75 bits per heavy atom. The molecule has 0 radical (unpaired) electrons. The molecule has 0 bridgehead atoms. The van der Waals surface area contributed by atoms with Crippen LogP contribution in [-0.4, -0.2) is 0 Å². The van der Waals surface area contributed by atoms with E-state index in [9.17, 15) is 0 Å². The molecule has 12 heavy (non-hydrogen) atoms. The van der Waals surface area contributed by atoms with Crippen molar-refractivity contribution in [1.29, 1.82) is 0 Å². The molecule has 2 rings (SSSR count). The first-order valence-corrected chi connectivity index (χ1v) is 5.32. The zero-order chi connectivity index (χ0) is 8.23. The van der Waals surface area contributed by atoms with Gasteiger partial charge in [-0.05, 0) is 32.1 Å². The number of rotatable bonds is 0. The van der Waals surface area contributed by atoms with Crippen LogP contribution in [0.5, 0.6) is 0 Å². The van der Waals surface area contributed by atoms with Crippen molar-refractivity contribution in [3.63, 3.8) is 0 Å². The van der Waals surface area contributed by atoms with Crippen molar-refractivity contribution >= 4 is 0 Å². The Balaban J connectivity index is 1.88. The molecule has 0 spiro atoms. The van der Waals surface area contributed by atoms with Crippen LogP contribution in [0.1, 0.15) is 44.9 Å². The van der Waals surface area contributed by atoms with E-state index in [0.29, 0.717) is 0 Å². The molecule has 2 aliphatic carbocycles. The highest BCUT2D eigenvalue weighted by Crippen LogP contribution is 2.39. The summed E-state index contributed by atoms with van der Waals surface area (Å²) in [6.45, 7) is 0. The van der Waals surface area contributed by atoms with Crippen LogP contribution >= 0.6 is 0 Å². The highest BCUT2D eigenvalue weighted by Gasteiger charge is 2.25. The molecule has 0 saturated heterocycles. The van der Waals surface area contributed by atoms with Gasteiger partial charge in [-0.2, -0.15) is 0 Å². The van der Waals surface area contributed by atoms with Gasteiger partial charge in [-0.15, -0.1) is 0 Å². The molecule has 1 saturated carbocycles. The fourth-order valence-electron chi connectivity index (χ4n) is 1.93. The lowest BCUT2D eigenvalue weighted by atomic mass is 10.1. The topological polar surface area (TPSA) is 0 Å². The van der Waals surface area contributed by atoms with Gasteiger partial charge in [0.15, 0.2) is 0 Å². The quantitative estimate of drug-likeness (QED) is 0.475. The Morgan fingerprint density at radius 1 is 1.00 bits per heavy atom. The van der Waals surface area contributed by atoms with Crippen LogP contribution in [-0.2, 0) is 0 Å². The van der Waals surface area contributed by atoms with Gasteiger partial charge in [-0.1, -0.05) is 36.6 Å². The largest absolute Gasteiger partial charge is 0.0879 e. The van der Waals surface area contributed by atoms with Crippen LogP contribution in [0.25, 0.3) is 0 Å². The zero-order valence-corrected chi connectivity index (χ0v) is 7.76. The normalized spacial score (nSPS) is 30.0. The summed E-state index contributed by atoms with van der Waals surface area (Å²) < 4.78 is 0. The summed E-state index contributed by atoms with van der Waals surface area (Å²) in [5.41, 5.74) is 1.70. The van der Waals surface area contributed by atoms with E-state index in [1.54, 1.807) is 5.57 Å². The van der Waals surface area contributed by atoms with Crippen molar-refractivity contribution in [3.8, 4) is 0 Å². The molecule has 0 aromatic carbocycles. The van der Waals surface area contributed by atoms with E-state index in [0.717, 1.165) is 5.92 Å².